The van der Waals surface area contributed by atoms with E-state index >= 15 is 0 Å². The molecule has 14 heavy (non-hydrogen) atoms. The van der Waals surface area contributed by atoms with Gasteiger partial charge in [0.15, 0.2) is 0 Å². The molecule has 1 aromatic rings. The van der Waals surface area contributed by atoms with Crippen LogP contribution in [0.2, 0.25) is 0 Å². The number of alkyl halides is 2. The number of nitrogens with zero attached hydrogens (tertiary/aromatic N) is 2. The predicted molar refractivity (Wildman–Crippen MR) is 40.5 cm³/mol. The van der Waals surface area contributed by atoms with Gasteiger partial charge in [0.25, 0.3) is 6.43 Å². The van der Waals surface area contributed by atoms with Gasteiger partial charge < -0.3 is 10.1 Å². The second-order valence-corrected chi connectivity index (χ2v) is 2.54. The predicted octanol–water partition coefficient (Wildman–Crippen LogP) is 2.37. The van der Waals surface area contributed by atoms with Crippen LogP contribution < -0.4 is 0 Å². The van der Waals surface area contributed by atoms with Crippen molar-refractivity contribution in [3.8, 4) is 0 Å². The molecule has 7 heteroatoms. The highest BCUT2D eigenvalue weighted by Crippen LogP contribution is 2.26. The number of aromatic nitrogens is 1. The summed E-state index contributed by atoms with van der Waals surface area (Å²) >= 11 is 0. The van der Waals surface area contributed by atoms with Crippen LogP contribution in [0, 0.1) is 23.0 Å². The molecule has 0 fully saturated rings. The molecule has 0 aromatic carbocycles. The molecular weight excluding hydrogens is 201 g/mol. The van der Waals surface area contributed by atoms with Gasteiger partial charge in [-0.15, -0.1) is 0 Å². The lowest BCUT2D eigenvalue weighted by atomic mass is 10.1. The lowest BCUT2D eigenvalue weighted by Gasteiger charge is -2.02. The Kier molecular flexibility index (Phi) is 2.68. The Balaban J connectivity index is 3.35. The van der Waals surface area contributed by atoms with Crippen LogP contribution in [0.1, 0.15) is 17.6 Å². The highest BCUT2D eigenvalue weighted by molar-refractivity contribution is 5.33. The smallest absolute Gasteiger partial charge is 0.358 e. The van der Waals surface area contributed by atoms with Gasteiger partial charge in [-0.25, -0.2) is 8.78 Å². The van der Waals surface area contributed by atoms with Crippen molar-refractivity contribution in [3.63, 3.8) is 0 Å². The van der Waals surface area contributed by atoms with Gasteiger partial charge >= 0.3 is 11.8 Å². The van der Waals surface area contributed by atoms with E-state index in [-0.39, 0.29) is 5.56 Å². The van der Waals surface area contributed by atoms with Gasteiger partial charge in [0, 0.05) is 17.2 Å². The first-order chi connectivity index (χ1) is 6.43. The molecule has 0 N–H and O–H groups in total. The van der Waals surface area contributed by atoms with Gasteiger partial charge in [0.1, 0.15) is 0 Å². The third-order valence-corrected chi connectivity index (χ3v) is 1.66. The Morgan fingerprint density at radius 2 is 2.14 bits per heavy atom. The molecule has 76 valence electrons. The van der Waals surface area contributed by atoms with E-state index in [1.54, 1.807) is 0 Å². The fraction of sp³-hybridized carbons (Fsp3) is 0.286. The summed E-state index contributed by atoms with van der Waals surface area (Å²) in [7, 11) is 0. The van der Waals surface area contributed by atoms with Crippen LogP contribution in [-0.2, 0) is 0 Å². The van der Waals surface area contributed by atoms with Crippen molar-refractivity contribution >= 4 is 5.82 Å². The van der Waals surface area contributed by atoms with E-state index in [1.165, 1.54) is 0 Å². The third kappa shape index (κ3) is 1.81. The zero-order valence-corrected chi connectivity index (χ0v) is 7.00. The second-order valence-electron chi connectivity index (χ2n) is 2.54. The fourth-order valence-electron chi connectivity index (χ4n) is 0.903. The maximum Gasteiger partial charge on any atom is 0.367 e. The molecule has 1 aromatic heterocycles. The van der Waals surface area contributed by atoms with E-state index in [9.17, 15) is 23.3 Å². The summed E-state index contributed by atoms with van der Waals surface area (Å²) in [4.78, 5) is 12.1. The largest absolute Gasteiger partial charge is 0.367 e. The SMILES string of the molecule is Cc1c(C(F)F)cc([N+](=O)[O-])nc1F. The summed E-state index contributed by atoms with van der Waals surface area (Å²) in [6.07, 6.45) is -2.95. The molecule has 0 spiro atoms. The highest BCUT2D eigenvalue weighted by atomic mass is 19.3. The minimum atomic E-state index is -2.95. The summed E-state index contributed by atoms with van der Waals surface area (Å²) in [5.41, 5.74) is -1.07. The molecule has 1 rings (SSSR count). The van der Waals surface area contributed by atoms with Crippen LogP contribution in [-0.4, -0.2) is 9.91 Å². The standard InChI is InChI=1S/C7H5F3N2O2/c1-3-4(6(8)9)2-5(12(13)14)11-7(3)10/h2,6H,1H3. The van der Waals surface area contributed by atoms with E-state index in [0.29, 0.717) is 6.07 Å². The van der Waals surface area contributed by atoms with E-state index < -0.39 is 28.7 Å². The van der Waals surface area contributed by atoms with E-state index in [0.717, 1.165) is 6.92 Å². The van der Waals surface area contributed by atoms with E-state index in [1.807, 2.05) is 0 Å². The first kappa shape index (κ1) is 10.4. The number of hydrogen-bond donors (Lipinski definition) is 0. The molecule has 0 saturated heterocycles. The molecule has 0 amide bonds. The van der Waals surface area contributed by atoms with Crippen molar-refractivity contribution in [3.05, 3.63) is 33.3 Å². The van der Waals surface area contributed by atoms with Gasteiger partial charge in [0.05, 0.1) is 0 Å². The molecule has 4 nitrogen and oxygen atoms in total. The summed E-state index contributed by atoms with van der Waals surface area (Å²) in [6.45, 7) is 1.09. The molecule has 0 aliphatic rings. The van der Waals surface area contributed by atoms with Crippen molar-refractivity contribution < 1.29 is 18.1 Å². The highest BCUT2D eigenvalue weighted by Gasteiger charge is 2.22. The lowest BCUT2D eigenvalue weighted by Crippen LogP contribution is -2.01. The molecule has 0 aliphatic heterocycles. The lowest BCUT2D eigenvalue weighted by molar-refractivity contribution is -0.390. The topological polar surface area (TPSA) is 56.0 Å². The van der Waals surface area contributed by atoms with E-state index in [2.05, 4.69) is 4.98 Å². The first-order valence-corrected chi connectivity index (χ1v) is 3.53. The second kappa shape index (κ2) is 3.60. The molecule has 0 saturated carbocycles. The van der Waals surface area contributed by atoms with Gasteiger partial charge in [0.2, 0.25) is 0 Å². The maximum absolute atomic E-state index is 12.8. The number of pyridine rings is 1. The van der Waals surface area contributed by atoms with Crippen LogP contribution >= 0.6 is 0 Å². The maximum atomic E-state index is 12.8. The van der Waals surface area contributed by atoms with Crippen LogP contribution in [0.4, 0.5) is 19.0 Å². The normalized spacial score (nSPS) is 10.6. The van der Waals surface area contributed by atoms with Crippen LogP contribution in [0.5, 0.6) is 0 Å². The van der Waals surface area contributed by atoms with Gasteiger partial charge in [-0.3, -0.25) is 0 Å². The molecule has 0 unspecified atom stereocenters. The zero-order valence-electron chi connectivity index (χ0n) is 7.00. The zero-order chi connectivity index (χ0) is 10.9. The Bertz CT molecular complexity index is 381. The Morgan fingerprint density at radius 1 is 1.57 bits per heavy atom. The Morgan fingerprint density at radius 3 is 2.57 bits per heavy atom. The number of halogens is 3. The number of nitro groups is 1. The van der Waals surface area contributed by atoms with Gasteiger partial charge in [-0.1, -0.05) is 0 Å². The Labute approximate surface area is 76.5 Å². The van der Waals surface area contributed by atoms with Crippen LogP contribution in [0.25, 0.3) is 0 Å². The fourth-order valence-corrected chi connectivity index (χ4v) is 0.903. The van der Waals surface area contributed by atoms with Crippen molar-refractivity contribution in [1.29, 1.82) is 0 Å². The molecule has 1 heterocycles. The van der Waals surface area contributed by atoms with Crippen molar-refractivity contribution in [2.24, 2.45) is 0 Å². The van der Waals surface area contributed by atoms with Gasteiger partial charge in [-0.05, 0) is 16.8 Å². The summed E-state index contributed by atoms with van der Waals surface area (Å²) in [6, 6.07) is 0.572. The molecule has 0 atom stereocenters. The molecule has 0 aliphatic carbocycles. The average Bonchev–Trinajstić information content (AvgIpc) is 2.08. The summed E-state index contributed by atoms with van der Waals surface area (Å²) in [5, 5.41) is 10.2. The first-order valence-electron chi connectivity index (χ1n) is 3.53. The third-order valence-electron chi connectivity index (χ3n) is 1.66. The van der Waals surface area contributed by atoms with Crippen LogP contribution in [0.3, 0.4) is 0 Å². The molecular formula is C7H5F3N2O2. The van der Waals surface area contributed by atoms with Gasteiger partial charge in [-0.2, -0.15) is 4.39 Å². The number of hydrogen-bond acceptors (Lipinski definition) is 3. The Hall–Kier alpha value is -1.66. The minimum Gasteiger partial charge on any atom is -0.358 e. The quantitative estimate of drug-likeness (QED) is 0.424. The minimum absolute atomic E-state index is 0.370. The van der Waals surface area contributed by atoms with Crippen LogP contribution in [0.15, 0.2) is 6.07 Å². The van der Waals surface area contributed by atoms with E-state index in [4.69, 9.17) is 0 Å². The monoisotopic (exact) mass is 206 g/mol. The molecule has 0 radical (unpaired) electrons. The van der Waals surface area contributed by atoms with Crippen molar-refractivity contribution in [2.75, 3.05) is 0 Å². The molecule has 0 bridgehead atoms. The summed E-state index contributed by atoms with van der Waals surface area (Å²) in [5.74, 6) is -2.15. The average molecular weight is 206 g/mol. The summed E-state index contributed by atoms with van der Waals surface area (Å²) < 4.78 is 37.3. The van der Waals surface area contributed by atoms with Crippen molar-refractivity contribution in [2.45, 2.75) is 13.3 Å². The number of rotatable bonds is 2. The van der Waals surface area contributed by atoms with Crippen molar-refractivity contribution in [1.82, 2.24) is 4.98 Å².